The first-order valence-electron chi connectivity index (χ1n) is 9.96. The van der Waals surface area contributed by atoms with Crippen LogP contribution in [-0.4, -0.2) is 63.3 Å². The number of amides is 1. The predicted molar refractivity (Wildman–Crippen MR) is 113 cm³/mol. The van der Waals surface area contributed by atoms with Crippen LogP contribution in [0.4, 0.5) is 0 Å². The molecule has 0 atom stereocenters. The van der Waals surface area contributed by atoms with Crippen molar-refractivity contribution in [2.45, 2.75) is 25.3 Å². The summed E-state index contributed by atoms with van der Waals surface area (Å²) in [5, 5.41) is 0. The quantitative estimate of drug-likeness (QED) is 0.760. The number of hydrogen-bond acceptors (Lipinski definition) is 3. The van der Waals surface area contributed by atoms with Crippen LogP contribution in [0.2, 0.25) is 0 Å². The molecule has 0 bridgehead atoms. The highest BCUT2D eigenvalue weighted by Crippen LogP contribution is 2.20. The van der Waals surface area contributed by atoms with E-state index in [1.165, 1.54) is 0 Å². The van der Waals surface area contributed by atoms with E-state index >= 15 is 0 Å². The van der Waals surface area contributed by atoms with Crippen LogP contribution in [0.25, 0.3) is 0 Å². The van der Waals surface area contributed by atoms with Crippen molar-refractivity contribution in [3.05, 3.63) is 65.2 Å². The molecule has 2 aromatic carbocycles. The number of likely N-dealkylation sites (N-methyl/N-ethyl adjacent to an activating group) is 1. The summed E-state index contributed by atoms with van der Waals surface area (Å²) in [4.78, 5) is 15.8. The zero-order valence-corrected chi connectivity index (χ0v) is 18.2. The van der Waals surface area contributed by atoms with Gasteiger partial charge in [-0.3, -0.25) is 4.79 Å². The van der Waals surface area contributed by atoms with E-state index in [0.717, 1.165) is 21.6 Å². The molecule has 0 saturated carbocycles. The van der Waals surface area contributed by atoms with Gasteiger partial charge in [-0.05, 0) is 31.0 Å². The molecule has 1 fully saturated rings. The normalized spacial score (nSPS) is 16.0. The van der Waals surface area contributed by atoms with Crippen LogP contribution in [0.15, 0.2) is 53.4 Å². The highest BCUT2D eigenvalue weighted by molar-refractivity contribution is 7.89. The average molecular weight is 417 g/mol. The minimum atomic E-state index is -3.49. The minimum absolute atomic E-state index is 0.0783. The fourth-order valence-electron chi connectivity index (χ4n) is 3.74. The number of nitrogens with one attached hydrogen (secondary N) is 1. The molecule has 1 heterocycles. The maximum atomic E-state index is 13.0. The number of quaternary nitrogens is 1. The van der Waals surface area contributed by atoms with Gasteiger partial charge in [-0.15, -0.1) is 0 Å². The fraction of sp³-hybridized carbons (Fsp3) is 0.409. The number of hydrogen-bond donors (Lipinski definition) is 1. The molecule has 2 aromatic rings. The van der Waals surface area contributed by atoms with E-state index in [-0.39, 0.29) is 5.91 Å². The Morgan fingerprint density at radius 3 is 2.34 bits per heavy atom. The molecule has 0 spiro atoms. The summed E-state index contributed by atoms with van der Waals surface area (Å²) < 4.78 is 27.6. The molecule has 29 heavy (non-hydrogen) atoms. The van der Waals surface area contributed by atoms with E-state index in [2.05, 4.69) is 0 Å². The number of benzene rings is 2. The fourth-order valence-corrected chi connectivity index (χ4v) is 5.39. The number of aryl methyl sites for hydroxylation is 2. The Balaban J connectivity index is 1.55. The molecular weight excluding hydrogens is 386 g/mol. The van der Waals surface area contributed by atoms with Gasteiger partial charge in [0.2, 0.25) is 10.0 Å². The minimum Gasteiger partial charge on any atom is -0.337 e. The van der Waals surface area contributed by atoms with Crippen LogP contribution in [0.3, 0.4) is 0 Å². The lowest BCUT2D eigenvalue weighted by Crippen LogP contribution is -3.15. The van der Waals surface area contributed by atoms with E-state index in [0.29, 0.717) is 44.2 Å². The van der Waals surface area contributed by atoms with Crippen molar-refractivity contribution in [3.63, 3.8) is 0 Å². The Labute approximate surface area is 173 Å². The molecule has 6 nitrogen and oxygen atoms in total. The first-order valence-corrected chi connectivity index (χ1v) is 11.4. The molecule has 0 aliphatic carbocycles. The summed E-state index contributed by atoms with van der Waals surface area (Å²) in [7, 11) is -1.68. The number of nitrogens with zero attached hydrogens (tertiary/aromatic N) is 2. The van der Waals surface area contributed by atoms with Crippen molar-refractivity contribution in [1.29, 1.82) is 0 Å². The highest BCUT2D eigenvalue weighted by atomic mass is 32.2. The third-order valence-corrected chi connectivity index (χ3v) is 7.53. The second-order valence-electron chi connectivity index (χ2n) is 7.84. The second-order valence-corrected chi connectivity index (χ2v) is 9.74. The molecule has 7 heteroatoms. The monoisotopic (exact) mass is 416 g/mol. The Morgan fingerprint density at radius 2 is 1.72 bits per heavy atom. The van der Waals surface area contributed by atoms with E-state index in [4.69, 9.17) is 0 Å². The Hall–Kier alpha value is -2.22. The van der Waals surface area contributed by atoms with Gasteiger partial charge in [0.15, 0.2) is 6.54 Å². The van der Waals surface area contributed by atoms with Gasteiger partial charge in [0, 0.05) is 13.6 Å². The van der Waals surface area contributed by atoms with Gasteiger partial charge in [-0.1, -0.05) is 48.0 Å². The molecule has 0 radical (unpaired) electrons. The van der Waals surface area contributed by atoms with Crippen LogP contribution < -0.4 is 4.90 Å². The molecule has 156 valence electrons. The summed E-state index contributed by atoms with van der Waals surface area (Å²) in [5.74, 6) is 0.0783. The smallest absolute Gasteiger partial charge is 0.277 e. The van der Waals surface area contributed by atoms with Crippen LogP contribution in [-0.2, 0) is 21.4 Å². The molecule has 0 aromatic heterocycles. The molecule has 0 unspecified atom stereocenters. The number of piperazine rings is 1. The highest BCUT2D eigenvalue weighted by Gasteiger charge is 2.32. The molecule has 1 amide bonds. The van der Waals surface area contributed by atoms with Crippen LogP contribution in [0, 0.1) is 13.8 Å². The van der Waals surface area contributed by atoms with Gasteiger partial charge in [-0.2, -0.15) is 4.31 Å². The molecule has 1 saturated heterocycles. The zero-order chi connectivity index (χ0) is 21.0. The Kier molecular flexibility index (Phi) is 6.72. The third kappa shape index (κ3) is 5.23. The average Bonchev–Trinajstić information content (AvgIpc) is 2.69. The van der Waals surface area contributed by atoms with Crippen LogP contribution >= 0.6 is 0 Å². The van der Waals surface area contributed by atoms with Crippen molar-refractivity contribution >= 4 is 15.9 Å². The molecular formula is C22H30N3O3S+. The van der Waals surface area contributed by atoms with Gasteiger partial charge in [-0.25, -0.2) is 8.42 Å². The summed E-state index contributed by atoms with van der Waals surface area (Å²) in [6.45, 7) is 6.90. The van der Waals surface area contributed by atoms with Crippen molar-refractivity contribution in [2.24, 2.45) is 0 Å². The lowest BCUT2D eigenvalue weighted by Gasteiger charge is -2.32. The van der Waals surface area contributed by atoms with Crippen molar-refractivity contribution in [1.82, 2.24) is 9.21 Å². The van der Waals surface area contributed by atoms with Gasteiger partial charge in [0.1, 0.15) is 0 Å². The predicted octanol–water partition coefficient (Wildman–Crippen LogP) is 0.851. The number of sulfonamides is 1. The van der Waals surface area contributed by atoms with Crippen molar-refractivity contribution < 1.29 is 18.1 Å². The van der Waals surface area contributed by atoms with Gasteiger partial charge < -0.3 is 9.80 Å². The Morgan fingerprint density at radius 1 is 1.07 bits per heavy atom. The molecule has 3 rings (SSSR count). The summed E-state index contributed by atoms with van der Waals surface area (Å²) in [5.41, 5.74) is 2.93. The summed E-state index contributed by atoms with van der Waals surface area (Å²) >= 11 is 0. The number of carbonyl (C=O) groups excluding carboxylic acids is 1. The van der Waals surface area contributed by atoms with E-state index in [9.17, 15) is 13.2 Å². The summed E-state index contributed by atoms with van der Waals surface area (Å²) in [6.07, 6.45) is 0. The number of rotatable bonds is 6. The topological polar surface area (TPSA) is 62.1 Å². The standard InChI is InChI=1S/C22H29N3O3S/c1-18-9-10-21(19(2)15-18)29(27,28)25-13-11-24(12-14-25)17-22(26)23(3)16-20-7-5-4-6-8-20/h4-10,15H,11-14,16-17H2,1-3H3/p+1. The maximum absolute atomic E-state index is 13.0. The SMILES string of the molecule is Cc1ccc(S(=O)(=O)N2CC[NH+](CC(=O)N(C)Cc3ccccc3)CC2)c(C)c1. The molecule has 1 N–H and O–H groups in total. The first-order chi connectivity index (χ1) is 13.8. The third-order valence-electron chi connectivity index (χ3n) is 5.47. The second kappa shape index (κ2) is 9.07. The van der Waals surface area contributed by atoms with Crippen molar-refractivity contribution in [3.8, 4) is 0 Å². The van der Waals surface area contributed by atoms with Crippen LogP contribution in [0.1, 0.15) is 16.7 Å². The Bertz CT molecular complexity index is 953. The summed E-state index contributed by atoms with van der Waals surface area (Å²) in [6, 6.07) is 15.3. The largest absolute Gasteiger partial charge is 0.337 e. The maximum Gasteiger partial charge on any atom is 0.277 e. The zero-order valence-electron chi connectivity index (χ0n) is 17.4. The van der Waals surface area contributed by atoms with E-state index in [1.807, 2.05) is 63.4 Å². The molecule has 1 aliphatic heterocycles. The number of carbonyl (C=O) groups is 1. The van der Waals surface area contributed by atoms with Gasteiger partial charge in [0.25, 0.3) is 5.91 Å². The van der Waals surface area contributed by atoms with E-state index in [1.54, 1.807) is 15.3 Å². The van der Waals surface area contributed by atoms with Crippen molar-refractivity contribution in [2.75, 3.05) is 39.8 Å². The molecule has 1 aliphatic rings. The lowest BCUT2D eigenvalue weighted by atomic mass is 10.2. The lowest BCUT2D eigenvalue weighted by molar-refractivity contribution is -0.896. The van der Waals surface area contributed by atoms with Crippen LogP contribution in [0.5, 0.6) is 0 Å². The van der Waals surface area contributed by atoms with Gasteiger partial charge >= 0.3 is 0 Å². The first kappa shape index (κ1) is 21.5. The van der Waals surface area contributed by atoms with Gasteiger partial charge in [0.05, 0.1) is 31.1 Å². The van der Waals surface area contributed by atoms with E-state index < -0.39 is 10.0 Å².